The Morgan fingerprint density at radius 1 is 0.417 bits per heavy atom. The molecule has 24 heteroatoms. The fourth-order valence-electron chi connectivity index (χ4n) is 5.16. The average molecular weight is 1090 g/mol. The summed E-state index contributed by atoms with van der Waals surface area (Å²) in [6.45, 7) is 0. The van der Waals surface area contributed by atoms with Crippen molar-refractivity contribution in [2.24, 2.45) is 0 Å². The standard InChI is InChI=1S/2C12H8N2.2C6H7AsO6S.2H2O.2Zn/c2*1-3-9-5-6-10-4-2-8-14-12(10)11(9)13-7-1;2*8-7(9,10)5-3-1-2-4-6(5)14(11,12)13;;;;/h2*1-8H;2*1-4H,(H2,8,9,10)(H,11,12,13);2*1H2;;/q;;;;;;2*+2/p-4. The van der Waals surface area contributed by atoms with Crippen LogP contribution in [0.3, 0.4) is 0 Å². The first-order chi connectivity index (χ1) is 26.4. The van der Waals surface area contributed by atoms with Crippen LogP contribution in [0.5, 0.6) is 0 Å². The van der Waals surface area contributed by atoms with Gasteiger partial charge in [0.25, 0.3) is 0 Å². The number of rotatable bonds is 4. The van der Waals surface area contributed by atoms with Crippen molar-refractivity contribution in [3.05, 3.63) is 146 Å². The molecule has 0 bridgehead atoms. The average Bonchev–Trinajstić information content (AvgIpc) is 3.17. The van der Waals surface area contributed by atoms with E-state index in [9.17, 15) is 41.6 Å². The summed E-state index contributed by atoms with van der Waals surface area (Å²) >= 11 is -11.2. The molecule has 4 aromatic carbocycles. The van der Waals surface area contributed by atoms with Crippen LogP contribution in [0.2, 0.25) is 0 Å². The van der Waals surface area contributed by atoms with Crippen molar-refractivity contribution in [1.82, 2.24) is 19.9 Å². The topological polar surface area (TPSA) is 350 Å². The number of benzene rings is 4. The Morgan fingerprint density at radius 2 is 0.650 bits per heavy atom. The van der Waals surface area contributed by atoms with E-state index in [-0.39, 0.29) is 49.9 Å². The van der Waals surface area contributed by atoms with E-state index in [1.165, 1.54) is 24.3 Å². The van der Waals surface area contributed by atoms with Gasteiger partial charge in [0, 0.05) is 46.3 Å². The van der Waals surface area contributed by atoms with E-state index in [4.69, 9.17) is 8.19 Å². The third-order valence-corrected chi connectivity index (χ3v) is 14.2. The second-order valence-electron chi connectivity index (χ2n) is 11.3. The van der Waals surface area contributed by atoms with Crippen molar-refractivity contribution in [2.45, 2.75) is 9.79 Å². The van der Waals surface area contributed by atoms with Gasteiger partial charge >= 0.3 is 204 Å². The number of hydrogen-bond acceptors (Lipinski definition) is 14. The molecule has 8 rings (SSSR count). The van der Waals surface area contributed by atoms with E-state index in [0.717, 1.165) is 67.9 Å². The smallest absolute Gasteiger partial charge is 0.254 e. The molecule has 0 aliphatic carbocycles. The molecule has 18 nitrogen and oxygen atoms in total. The Labute approximate surface area is 373 Å². The molecular weight excluding hydrogens is 1060 g/mol. The van der Waals surface area contributed by atoms with Gasteiger partial charge in [0.1, 0.15) is 0 Å². The fraction of sp³-hybridized carbons (Fsp3) is 0. The van der Waals surface area contributed by atoms with E-state index in [2.05, 4.69) is 68.5 Å². The van der Waals surface area contributed by atoms with Crippen molar-refractivity contribution in [3.63, 3.8) is 0 Å². The summed E-state index contributed by atoms with van der Waals surface area (Å²) in [5.41, 5.74) is 3.91. The maximum atomic E-state index is 10.7. The first kappa shape index (κ1) is 54.1. The van der Waals surface area contributed by atoms with Crippen LogP contribution in [0.1, 0.15) is 0 Å². The number of nitrogens with zero attached hydrogens (tertiary/aromatic N) is 4. The van der Waals surface area contributed by atoms with Gasteiger partial charge in [0.05, 0.1) is 22.1 Å². The van der Waals surface area contributed by atoms with Crippen LogP contribution in [0, 0.1) is 0 Å². The van der Waals surface area contributed by atoms with Gasteiger partial charge in [0.2, 0.25) is 0 Å². The van der Waals surface area contributed by atoms with Gasteiger partial charge in [-0.3, -0.25) is 19.9 Å². The van der Waals surface area contributed by atoms with E-state index in [0.29, 0.717) is 0 Å². The third kappa shape index (κ3) is 14.1. The normalized spacial score (nSPS) is 12.6. The number of fused-ring (bicyclic) bond motifs is 6. The molecule has 0 saturated heterocycles. The maximum Gasteiger partial charge on any atom is 2.00 e. The molecule has 0 amide bonds. The van der Waals surface area contributed by atoms with Crippen LogP contribution in [-0.2, 0) is 66.7 Å². The minimum absolute atomic E-state index is 0. The summed E-state index contributed by atoms with van der Waals surface area (Å²) in [6, 6.07) is 32.5. The third-order valence-electron chi connectivity index (χ3n) is 7.57. The minimum Gasteiger partial charge on any atom is -0.254 e. The van der Waals surface area contributed by atoms with Crippen molar-refractivity contribution in [1.29, 1.82) is 0 Å². The molecule has 0 aliphatic heterocycles. The van der Waals surface area contributed by atoms with Gasteiger partial charge < -0.3 is 11.0 Å². The number of pyridine rings is 4. The largest absolute Gasteiger partial charge is 2.00 e. The van der Waals surface area contributed by atoms with Gasteiger partial charge in [-0.25, -0.2) is 0 Å². The Morgan fingerprint density at radius 3 is 0.850 bits per heavy atom. The molecule has 0 saturated carbocycles. The van der Waals surface area contributed by atoms with E-state index < -0.39 is 67.1 Å². The monoisotopic (exact) mass is 1080 g/mol. The van der Waals surface area contributed by atoms with E-state index in [1.807, 2.05) is 24.3 Å². The van der Waals surface area contributed by atoms with E-state index in [1.54, 1.807) is 24.8 Å². The zero-order valence-electron chi connectivity index (χ0n) is 30.7. The van der Waals surface area contributed by atoms with Gasteiger partial charge in [0.15, 0.2) is 0 Å². The molecule has 2 unspecified atom stereocenters. The second-order valence-corrected chi connectivity index (χ2v) is 20.4. The molecular formula is C36H30As2N4O14S2Zn2. The zero-order valence-corrected chi connectivity index (χ0v) is 42.1. The Balaban J connectivity index is 0.000000391. The second kappa shape index (κ2) is 22.8. The molecule has 6 N–H and O–H groups in total. The van der Waals surface area contributed by atoms with Crippen LogP contribution in [-0.4, -0.2) is 93.4 Å². The molecule has 4 heterocycles. The molecule has 0 fully saturated rings. The first-order valence-electron chi connectivity index (χ1n) is 15.7. The van der Waals surface area contributed by atoms with Gasteiger partial charge in [-0.05, 0) is 24.3 Å². The van der Waals surface area contributed by atoms with Crippen LogP contribution < -0.4 is 16.9 Å². The number of aromatic nitrogens is 4. The maximum absolute atomic E-state index is 10.7. The first-order valence-corrected chi connectivity index (χ1v) is 25.1. The molecule has 0 aliphatic rings. The molecule has 0 radical (unpaired) electrons. The fourth-order valence-corrected chi connectivity index (χ4v) is 11.5. The Kier molecular flexibility index (Phi) is 20.5. The molecule has 2 atom stereocenters. The summed E-state index contributed by atoms with van der Waals surface area (Å²) in [5, 5.41) is 4.55. The Bertz CT molecular complexity index is 2720. The predicted molar refractivity (Wildman–Crippen MR) is 207 cm³/mol. The van der Waals surface area contributed by atoms with Gasteiger partial charge in [-0.2, -0.15) is 0 Å². The van der Waals surface area contributed by atoms with Crippen molar-refractivity contribution in [3.8, 4) is 0 Å². The van der Waals surface area contributed by atoms with Crippen molar-refractivity contribution >= 4 is 101 Å². The molecule has 4 aromatic heterocycles. The Hall–Kier alpha value is -3.94. The van der Waals surface area contributed by atoms with Crippen LogP contribution in [0.15, 0.2) is 156 Å². The quantitative estimate of drug-likeness (QED) is 0.121. The summed E-state index contributed by atoms with van der Waals surface area (Å²) in [7, 11) is -9.77. The van der Waals surface area contributed by atoms with Crippen LogP contribution in [0.25, 0.3) is 43.6 Å². The summed E-state index contributed by atoms with van der Waals surface area (Å²) in [6.07, 6.45) is 7.21. The predicted octanol–water partition coefficient (Wildman–Crippen LogP) is -1.05. The van der Waals surface area contributed by atoms with Crippen molar-refractivity contribution in [2.75, 3.05) is 0 Å². The van der Waals surface area contributed by atoms with Crippen molar-refractivity contribution < 1.29 is 99.7 Å². The summed E-state index contributed by atoms with van der Waals surface area (Å²) in [5.74, 6) is 0. The van der Waals surface area contributed by atoms with E-state index >= 15 is 0 Å². The molecule has 304 valence electrons. The van der Waals surface area contributed by atoms with Crippen LogP contribution >= 0.6 is 0 Å². The SMILES string of the molecule is O.O.O=S(=O)([O-])c1ccccc1[As](=O)([O-])O.O=S(=O)([O-])c1ccccc1[As](=O)([O-])O.[Zn+2].[Zn+2].c1cnc2c(c1)ccc1cccnc12.c1cnc2c(c1)ccc1cccnc12. The van der Waals surface area contributed by atoms with Crippen LogP contribution in [0.4, 0.5) is 0 Å². The minimum atomic E-state index is -5.61. The molecule has 60 heavy (non-hydrogen) atoms. The van der Waals surface area contributed by atoms with Gasteiger partial charge in [-0.1, -0.05) is 48.5 Å². The number of hydrogen-bond donors (Lipinski definition) is 2. The summed E-state index contributed by atoms with van der Waals surface area (Å²) in [4.78, 5) is 15.6. The van der Waals surface area contributed by atoms with Gasteiger partial charge in [-0.15, -0.1) is 0 Å². The zero-order chi connectivity index (χ0) is 40.7. The molecule has 0 spiro atoms. The summed E-state index contributed by atoms with van der Waals surface area (Å²) < 4.78 is 122. The molecule has 8 aromatic rings.